The number of carbonyl (C=O) groups excluding carboxylic acids is 1. The Morgan fingerprint density at radius 2 is 2.00 bits per heavy atom. The van der Waals surface area contributed by atoms with Gasteiger partial charge >= 0.3 is 5.63 Å². The Bertz CT molecular complexity index is 1340. The summed E-state index contributed by atoms with van der Waals surface area (Å²) in [5, 5.41) is 13.9. The summed E-state index contributed by atoms with van der Waals surface area (Å²) >= 11 is 1.16. The maximum atomic E-state index is 12.4. The minimum absolute atomic E-state index is 0.0700. The average Bonchev–Trinajstić information content (AvgIpc) is 3.20. The van der Waals surface area contributed by atoms with E-state index in [-0.39, 0.29) is 11.3 Å². The van der Waals surface area contributed by atoms with Crippen molar-refractivity contribution >= 4 is 39.0 Å². The van der Waals surface area contributed by atoms with Crippen LogP contribution in [0.2, 0.25) is 0 Å². The molecular formula is C20H14N4O5S. The molecule has 0 atom stereocenters. The highest BCUT2D eigenvalue weighted by Gasteiger charge is 2.20. The van der Waals surface area contributed by atoms with Gasteiger partial charge in [0.25, 0.3) is 11.6 Å². The van der Waals surface area contributed by atoms with Gasteiger partial charge in [-0.1, -0.05) is 24.3 Å². The summed E-state index contributed by atoms with van der Waals surface area (Å²) in [6.07, 6.45) is 0. The summed E-state index contributed by atoms with van der Waals surface area (Å²) in [6, 6.07) is 13.1. The number of hydrogen-bond donors (Lipinski definition) is 2. The molecule has 4 aromatic rings. The van der Waals surface area contributed by atoms with Crippen LogP contribution in [0.5, 0.6) is 0 Å². The molecule has 4 rings (SSSR count). The smallest absolute Gasteiger partial charge is 0.345 e. The Morgan fingerprint density at radius 3 is 2.80 bits per heavy atom. The third-order valence-electron chi connectivity index (χ3n) is 4.30. The van der Waals surface area contributed by atoms with E-state index in [1.165, 1.54) is 12.1 Å². The number of anilines is 1. The normalized spacial score (nSPS) is 10.7. The van der Waals surface area contributed by atoms with Crippen LogP contribution in [-0.2, 0) is 0 Å². The van der Waals surface area contributed by atoms with E-state index < -0.39 is 16.5 Å². The van der Waals surface area contributed by atoms with Gasteiger partial charge in [0.05, 0.1) is 16.2 Å². The summed E-state index contributed by atoms with van der Waals surface area (Å²) in [7, 11) is 0. The molecule has 2 heterocycles. The van der Waals surface area contributed by atoms with Gasteiger partial charge in [0, 0.05) is 16.8 Å². The molecule has 0 unspecified atom stereocenters. The summed E-state index contributed by atoms with van der Waals surface area (Å²) < 4.78 is 5.31. The minimum atomic E-state index is -0.674. The second kappa shape index (κ2) is 7.76. The number of aromatic nitrogens is 1. The van der Waals surface area contributed by atoms with E-state index in [0.717, 1.165) is 16.7 Å². The third-order valence-corrected chi connectivity index (χ3v) is 5.06. The summed E-state index contributed by atoms with van der Waals surface area (Å²) in [5.41, 5.74) is 6.01. The van der Waals surface area contributed by atoms with Crippen LogP contribution in [0.3, 0.4) is 0 Å². The van der Waals surface area contributed by atoms with E-state index in [1.54, 1.807) is 36.6 Å². The minimum Gasteiger partial charge on any atom is -0.422 e. The zero-order valence-electron chi connectivity index (χ0n) is 15.5. The van der Waals surface area contributed by atoms with Gasteiger partial charge in [-0.3, -0.25) is 25.8 Å². The Morgan fingerprint density at radius 1 is 1.20 bits per heavy atom. The van der Waals surface area contributed by atoms with Gasteiger partial charge in [0.2, 0.25) is 5.13 Å². The van der Waals surface area contributed by atoms with Crippen molar-refractivity contribution in [1.29, 1.82) is 0 Å². The highest BCUT2D eigenvalue weighted by atomic mass is 32.1. The molecule has 0 spiro atoms. The van der Waals surface area contributed by atoms with Gasteiger partial charge in [-0.25, -0.2) is 9.78 Å². The van der Waals surface area contributed by atoms with Crippen LogP contribution in [0, 0.1) is 17.0 Å². The predicted octanol–water partition coefficient (Wildman–Crippen LogP) is 3.89. The van der Waals surface area contributed by atoms with Crippen molar-refractivity contribution in [3.8, 4) is 11.3 Å². The lowest BCUT2D eigenvalue weighted by atomic mass is 10.1. The van der Waals surface area contributed by atoms with Crippen molar-refractivity contribution in [2.24, 2.45) is 0 Å². The molecule has 2 N–H and O–H groups in total. The lowest BCUT2D eigenvalue weighted by Gasteiger charge is -2.07. The van der Waals surface area contributed by atoms with Crippen molar-refractivity contribution in [1.82, 2.24) is 10.4 Å². The maximum Gasteiger partial charge on any atom is 0.345 e. The van der Waals surface area contributed by atoms with Crippen LogP contribution in [0.4, 0.5) is 10.8 Å². The van der Waals surface area contributed by atoms with Gasteiger partial charge < -0.3 is 4.42 Å². The number of para-hydroxylation sites is 1. The predicted molar refractivity (Wildman–Crippen MR) is 113 cm³/mol. The monoisotopic (exact) mass is 422 g/mol. The Labute approximate surface area is 173 Å². The van der Waals surface area contributed by atoms with Crippen molar-refractivity contribution in [2.45, 2.75) is 6.92 Å². The third kappa shape index (κ3) is 3.76. The zero-order valence-corrected chi connectivity index (χ0v) is 16.4. The van der Waals surface area contributed by atoms with Crippen molar-refractivity contribution in [3.63, 3.8) is 0 Å². The first-order chi connectivity index (χ1) is 14.4. The Hall–Kier alpha value is -4.05. The molecule has 0 saturated carbocycles. The molecule has 2 aromatic carbocycles. The number of nitrogens with one attached hydrogen (secondary N) is 2. The molecule has 1 amide bonds. The van der Waals surface area contributed by atoms with Crippen LogP contribution in [-0.4, -0.2) is 15.8 Å². The summed E-state index contributed by atoms with van der Waals surface area (Å²) in [4.78, 5) is 39.5. The van der Waals surface area contributed by atoms with Crippen LogP contribution >= 0.6 is 11.3 Å². The summed E-state index contributed by atoms with van der Waals surface area (Å²) in [6.45, 7) is 1.73. The fourth-order valence-corrected chi connectivity index (χ4v) is 3.53. The molecule has 0 radical (unpaired) electrons. The number of carbonyl (C=O) groups is 1. The van der Waals surface area contributed by atoms with Gasteiger partial charge in [0.1, 0.15) is 11.1 Å². The number of rotatable bonds is 5. The van der Waals surface area contributed by atoms with Gasteiger partial charge in [-0.05, 0) is 30.7 Å². The molecule has 2 aromatic heterocycles. The first-order valence-electron chi connectivity index (χ1n) is 8.72. The quantitative estimate of drug-likeness (QED) is 0.284. The fourth-order valence-electron chi connectivity index (χ4n) is 2.86. The number of aryl methyl sites for hydroxylation is 1. The largest absolute Gasteiger partial charge is 0.422 e. The molecular weight excluding hydrogens is 408 g/mol. The Kier molecular flexibility index (Phi) is 4.98. The van der Waals surface area contributed by atoms with Crippen molar-refractivity contribution < 1.29 is 14.1 Å². The highest BCUT2D eigenvalue weighted by molar-refractivity contribution is 7.14. The number of thiazole rings is 1. The van der Waals surface area contributed by atoms with Gasteiger partial charge in [-0.2, -0.15) is 0 Å². The van der Waals surface area contributed by atoms with Crippen LogP contribution in [0.15, 0.2) is 63.1 Å². The van der Waals surface area contributed by atoms with E-state index in [9.17, 15) is 19.7 Å². The van der Waals surface area contributed by atoms with E-state index in [0.29, 0.717) is 27.5 Å². The van der Waals surface area contributed by atoms with E-state index in [1.807, 2.05) is 12.1 Å². The molecule has 0 aliphatic heterocycles. The average molecular weight is 422 g/mol. The zero-order chi connectivity index (χ0) is 21.3. The molecule has 0 bridgehead atoms. The van der Waals surface area contributed by atoms with Gasteiger partial charge in [-0.15, -0.1) is 11.3 Å². The molecule has 0 saturated heterocycles. The fraction of sp³-hybridized carbons (Fsp3) is 0.0500. The highest BCUT2D eigenvalue weighted by Crippen LogP contribution is 2.25. The van der Waals surface area contributed by atoms with Crippen LogP contribution in [0.1, 0.15) is 15.9 Å². The number of hydrazine groups is 1. The number of nitrogens with zero attached hydrogens (tertiary/aromatic N) is 2. The topological polar surface area (TPSA) is 127 Å². The van der Waals surface area contributed by atoms with Crippen LogP contribution < -0.4 is 16.5 Å². The van der Waals surface area contributed by atoms with Crippen molar-refractivity contribution in [2.75, 3.05) is 5.43 Å². The Balaban J connectivity index is 1.54. The number of fused-ring (bicyclic) bond motifs is 1. The number of nitro benzene ring substituents is 1. The van der Waals surface area contributed by atoms with E-state index in [2.05, 4.69) is 15.8 Å². The lowest BCUT2D eigenvalue weighted by Crippen LogP contribution is -2.29. The number of amides is 1. The number of nitro groups is 1. The molecule has 9 nitrogen and oxygen atoms in total. The van der Waals surface area contributed by atoms with Gasteiger partial charge in [0.15, 0.2) is 0 Å². The molecule has 150 valence electrons. The SMILES string of the molecule is Cc1ccc([N+](=O)[O-])c(C(=O)NNc2nc(-c3cc4ccccc4oc3=O)cs2)c1. The lowest BCUT2D eigenvalue weighted by molar-refractivity contribution is -0.385. The number of benzene rings is 2. The molecule has 0 fully saturated rings. The second-order valence-electron chi connectivity index (χ2n) is 6.38. The van der Waals surface area contributed by atoms with E-state index >= 15 is 0 Å². The standard InChI is InChI=1S/C20H14N4O5S/c1-11-6-7-16(24(27)28)14(8-11)18(25)22-23-20-21-15(10-30-20)13-9-12-4-2-3-5-17(12)29-19(13)26/h2-10H,1H3,(H,21,23)(H,22,25). The molecule has 0 aliphatic rings. The first kappa shape index (κ1) is 19.3. The molecule has 30 heavy (non-hydrogen) atoms. The van der Waals surface area contributed by atoms with E-state index in [4.69, 9.17) is 4.42 Å². The second-order valence-corrected chi connectivity index (χ2v) is 7.24. The van der Waals surface area contributed by atoms with Crippen molar-refractivity contribution in [3.05, 3.63) is 85.6 Å². The first-order valence-corrected chi connectivity index (χ1v) is 9.60. The molecule has 10 heteroatoms. The summed E-state index contributed by atoms with van der Waals surface area (Å²) in [5.74, 6) is -0.674. The molecule has 0 aliphatic carbocycles. The maximum absolute atomic E-state index is 12.4. The number of hydrogen-bond acceptors (Lipinski definition) is 8. The van der Waals surface area contributed by atoms with Crippen LogP contribution in [0.25, 0.3) is 22.2 Å².